The minimum absolute atomic E-state index is 0.585. The second-order valence-electron chi connectivity index (χ2n) is 6.19. The highest BCUT2D eigenvalue weighted by Crippen LogP contribution is 2.35. The third-order valence-electron chi connectivity index (χ3n) is 4.78. The number of hydrogen-bond donors (Lipinski definition) is 1. The van der Waals surface area contributed by atoms with Crippen LogP contribution in [-0.4, -0.2) is 6.54 Å². The number of hydrogen-bond acceptors (Lipinski definition) is 2. The van der Waals surface area contributed by atoms with Crippen LogP contribution < -0.4 is 5.32 Å². The van der Waals surface area contributed by atoms with Crippen LogP contribution >= 0.6 is 11.3 Å². The zero-order valence-corrected chi connectivity index (χ0v) is 14.3. The van der Waals surface area contributed by atoms with Crippen molar-refractivity contribution in [3.05, 3.63) is 21.4 Å². The van der Waals surface area contributed by atoms with Crippen LogP contribution in [0.15, 0.2) is 6.07 Å². The number of nitrogens with one attached hydrogen (secondary N) is 1. The molecule has 0 bridgehead atoms. The molecule has 1 aliphatic rings. The summed E-state index contributed by atoms with van der Waals surface area (Å²) >= 11 is 2.10. The van der Waals surface area contributed by atoms with Gasteiger partial charge in [0.15, 0.2) is 0 Å². The predicted molar refractivity (Wildman–Crippen MR) is 90.7 cm³/mol. The van der Waals surface area contributed by atoms with E-state index in [1.807, 2.05) is 0 Å². The summed E-state index contributed by atoms with van der Waals surface area (Å²) in [5, 5.41) is 3.73. The first kappa shape index (κ1) is 16.0. The van der Waals surface area contributed by atoms with E-state index in [1.54, 1.807) is 15.3 Å². The first-order chi connectivity index (χ1) is 9.78. The van der Waals surface area contributed by atoms with Gasteiger partial charge in [0.1, 0.15) is 0 Å². The Balaban J connectivity index is 2.12. The molecular formula is C18H31NS. The molecule has 1 heterocycles. The second kappa shape index (κ2) is 8.19. The van der Waals surface area contributed by atoms with E-state index in [2.05, 4.69) is 43.5 Å². The van der Waals surface area contributed by atoms with Crippen LogP contribution in [0.1, 0.15) is 80.7 Å². The number of fused-ring (bicyclic) bond motifs is 1. The van der Waals surface area contributed by atoms with Crippen molar-refractivity contribution in [2.45, 2.75) is 78.2 Å². The van der Waals surface area contributed by atoms with E-state index >= 15 is 0 Å². The van der Waals surface area contributed by atoms with Gasteiger partial charge in [0.05, 0.1) is 0 Å². The fourth-order valence-corrected chi connectivity index (χ4v) is 4.71. The van der Waals surface area contributed by atoms with Crippen molar-refractivity contribution in [3.63, 3.8) is 0 Å². The van der Waals surface area contributed by atoms with Crippen molar-refractivity contribution < 1.29 is 0 Å². The molecule has 1 N–H and O–H groups in total. The topological polar surface area (TPSA) is 12.0 Å². The van der Waals surface area contributed by atoms with Crippen molar-refractivity contribution in [1.29, 1.82) is 0 Å². The molecule has 20 heavy (non-hydrogen) atoms. The van der Waals surface area contributed by atoms with Crippen molar-refractivity contribution in [3.8, 4) is 0 Å². The average molecular weight is 294 g/mol. The summed E-state index contributed by atoms with van der Waals surface area (Å²) in [5.74, 6) is 0.862. The molecule has 2 rings (SSSR count). The Morgan fingerprint density at radius 2 is 1.85 bits per heavy atom. The zero-order valence-electron chi connectivity index (χ0n) is 13.5. The van der Waals surface area contributed by atoms with Gasteiger partial charge < -0.3 is 5.32 Å². The van der Waals surface area contributed by atoms with Crippen LogP contribution in [0.3, 0.4) is 0 Å². The van der Waals surface area contributed by atoms with Gasteiger partial charge in [-0.3, -0.25) is 0 Å². The van der Waals surface area contributed by atoms with Crippen LogP contribution in [0.4, 0.5) is 0 Å². The summed E-state index contributed by atoms with van der Waals surface area (Å²) in [5.41, 5.74) is 1.66. The van der Waals surface area contributed by atoms with E-state index in [1.165, 1.54) is 51.4 Å². The molecule has 1 aromatic heterocycles. The van der Waals surface area contributed by atoms with Crippen molar-refractivity contribution >= 4 is 11.3 Å². The predicted octanol–water partition coefficient (Wildman–Crippen LogP) is 5.49. The Labute approximate surface area is 129 Å². The van der Waals surface area contributed by atoms with Crippen molar-refractivity contribution in [2.75, 3.05) is 6.54 Å². The van der Waals surface area contributed by atoms with Gasteiger partial charge in [-0.15, -0.1) is 11.3 Å². The quantitative estimate of drug-likeness (QED) is 0.655. The molecule has 0 aromatic carbocycles. The largest absolute Gasteiger partial charge is 0.310 e. The summed E-state index contributed by atoms with van der Waals surface area (Å²) in [6.45, 7) is 7.98. The van der Waals surface area contributed by atoms with E-state index in [4.69, 9.17) is 0 Å². The Bertz CT molecular complexity index is 369. The summed E-state index contributed by atoms with van der Waals surface area (Å²) < 4.78 is 0. The molecule has 1 nitrogen and oxygen atoms in total. The van der Waals surface area contributed by atoms with Gasteiger partial charge in [-0.2, -0.15) is 0 Å². The van der Waals surface area contributed by atoms with Crippen LogP contribution in [0, 0.1) is 5.92 Å². The molecule has 0 fully saturated rings. The van der Waals surface area contributed by atoms with Gasteiger partial charge in [0.25, 0.3) is 0 Å². The SMILES string of the molecule is CCNC(CC(CC)CC)c1cc2c(s1)CCCCC2. The van der Waals surface area contributed by atoms with E-state index in [9.17, 15) is 0 Å². The number of thiophene rings is 1. The highest BCUT2D eigenvalue weighted by Gasteiger charge is 2.20. The zero-order chi connectivity index (χ0) is 14.4. The average Bonchev–Trinajstić information content (AvgIpc) is 2.74. The molecule has 0 saturated carbocycles. The molecule has 0 saturated heterocycles. The molecule has 1 atom stereocenters. The highest BCUT2D eigenvalue weighted by atomic mass is 32.1. The third-order valence-corrected chi connectivity index (χ3v) is 6.13. The molecule has 0 spiro atoms. The normalized spacial score (nSPS) is 17.0. The van der Waals surface area contributed by atoms with Crippen LogP contribution in [0.25, 0.3) is 0 Å². The summed E-state index contributed by atoms with van der Waals surface area (Å²) in [6, 6.07) is 3.11. The minimum Gasteiger partial charge on any atom is -0.310 e. The molecule has 0 amide bonds. The number of aryl methyl sites for hydroxylation is 2. The van der Waals surface area contributed by atoms with Gasteiger partial charge in [-0.1, -0.05) is 40.0 Å². The molecule has 1 aliphatic carbocycles. The van der Waals surface area contributed by atoms with Gasteiger partial charge in [0, 0.05) is 15.8 Å². The Kier molecular flexibility index (Phi) is 6.57. The van der Waals surface area contributed by atoms with Crippen LogP contribution in [0.2, 0.25) is 0 Å². The first-order valence-electron chi connectivity index (χ1n) is 8.63. The lowest BCUT2D eigenvalue weighted by Crippen LogP contribution is -2.22. The van der Waals surface area contributed by atoms with E-state index in [-0.39, 0.29) is 0 Å². The standard InChI is InChI=1S/C18H31NS/c1-4-14(5-2)12-16(19-6-3)18-13-15-10-8-7-9-11-17(15)20-18/h13-14,16,19H,4-12H2,1-3H3. The lowest BCUT2D eigenvalue weighted by atomic mass is 9.93. The van der Waals surface area contributed by atoms with Gasteiger partial charge >= 0.3 is 0 Å². The van der Waals surface area contributed by atoms with Gasteiger partial charge in [0.2, 0.25) is 0 Å². The van der Waals surface area contributed by atoms with E-state index in [0.29, 0.717) is 6.04 Å². The molecule has 2 heteroatoms. The van der Waals surface area contributed by atoms with Gasteiger partial charge in [-0.25, -0.2) is 0 Å². The first-order valence-corrected chi connectivity index (χ1v) is 9.44. The van der Waals surface area contributed by atoms with Crippen LogP contribution in [-0.2, 0) is 12.8 Å². The molecule has 0 radical (unpaired) electrons. The molecule has 1 unspecified atom stereocenters. The second-order valence-corrected chi connectivity index (χ2v) is 7.35. The maximum atomic E-state index is 3.73. The highest BCUT2D eigenvalue weighted by molar-refractivity contribution is 7.12. The van der Waals surface area contributed by atoms with E-state index in [0.717, 1.165) is 12.5 Å². The van der Waals surface area contributed by atoms with Crippen LogP contribution in [0.5, 0.6) is 0 Å². The molecule has 1 aromatic rings. The third kappa shape index (κ3) is 4.08. The fraction of sp³-hybridized carbons (Fsp3) is 0.778. The summed E-state index contributed by atoms with van der Waals surface area (Å²) in [6.07, 6.45) is 10.8. The summed E-state index contributed by atoms with van der Waals surface area (Å²) in [7, 11) is 0. The molecule has 114 valence electrons. The molecular weight excluding hydrogens is 262 g/mol. The van der Waals surface area contributed by atoms with Crippen molar-refractivity contribution in [1.82, 2.24) is 5.32 Å². The maximum Gasteiger partial charge on any atom is 0.0417 e. The Hall–Kier alpha value is -0.340. The van der Waals surface area contributed by atoms with E-state index < -0.39 is 0 Å². The lowest BCUT2D eigenvalue weighted by Gasteiger charge is -2.21. The number of rotatable bonds is 7. The monoisotopic (exact) mass is 293 g/mol. The Morgan fingerprint density at radius 3 is 2.55 bits per heavy atom. The fourth-order valence-electron chi connectivity index (χ4n) is 3.36. The lowest BCUT2D eigenvalue weighted by molar-refractivity contribution is 0.379. The van der Waals surface area contributed by atoms with Gasteiger partial charge in [-0.05, 0) is 56.2 Å². The van der Waals surface area contributed by atoms with Crippen molar-refractivity contribution in [2.24, 2.45) is 5.92 Å². The summed E-state index contributed by atoms with van der Waals surface area (Å²) in [4.78, 5) is 3.29. The maximum absolute atomic E-state index is 3.73. The minimum atomic E-state index is 0.585. The molecule has 0 aliphatic heterocycles. The Morgan fingerprint density at radius 1 is 1.10 bits per heavy atom. The smallest absolute Gasteiger partial charge is 0.0417 e.